The molecule has 3 heterocycles. The number of aromatic nitrogens is 3. The molecule has 3 aromatic heterocycles. The summed E-state index contributed by atoms with van der Waals surface area (Å²) < 4.78 is 6.68. The molecule has 1 N–H and O–H groups in total. The van der Waals surface area contributed by atoms with Gasteiger partial charge in [0.25, 0.3) is 5.56 Å². The summed E-state index contributed by atoms with van der Waals surface area (Å²) in [5, 5.41) is 6.45. The van der Waals surface area contributed by atoms with Crippen LogP contribution in [0.1, 0.15) is 5.76 Å². The van der Waals surface area contributed by atoms with E-state index in [9.17, 15) is 4.79 Å². The maximum atomic E-state index is 12.6. The van der Waals surface area contributed by atoms with Crippen molar-refractivity contribution < 1.29 is 4.42 Å². The summed E-state index contributed by atoms with van der Waals surface area (Å²) in [5.41, 5.74) is 1.64. The number of thiazole rings is 1. The van der Waals surface area contributed by atoms with Crippen LogP contribution in [0.4, 0.5) is 0 Å². The van der Waals surface area contributed by atoms with Crippen LogP contribution in [0.25, 0.3) is 29.0 Å². The lowest BCUT2D eigenvalue weighted by Crippen LogP contribution is -2.33. The molecule has 0 radical (unpaired) electrons. The van der Waals surface area contributed by atoms with E-state index in [1.807, 2.05) is 35.7 Å². The fourth-order valence-electron chi connectivity index (χ4n) is 2.40. The molecule has 0 unspecified atom stereocenters. The summed E-state index contributed by atoms with van der Waals surface area (Å²) in [6.07, 6.45) is 3.23. The summed E-state index contributed by atoms with van der Waals surface area (Å²) in [4.78, 5) is 17.2. The van der Waals surface area contributed by atoms with Crippen molar-refractivity contribution in [1.29, 1.82) is 0 Å². The molecule has 0 saturated heterocycles. The quantitative estimate of drug-likeness (QED) is 0.624. The number of hydrogen-bond acceptors (Lipinski definition) is 4. The SMILES string of the molecule is C=c1[nH]n(-c2nc(-c3ccccc3)cs2)c(=O)c1=Cc1ccco1. The van der Waals surface area contributed by atoms with E-state index >= 15 is 0 Å². The van der Waals surface area contributed by atoms with Gasteiger partial charge in [0.05, 0.1) is 22.5 Å². The summed E-state index contributed by atoms with van der Waals surface area (Å²) in [5.74, 6) is 0.604. The summed E-state index contributed by atoms with van der Waals surface area (Å²) in [6.45, 7) is 3.90. The van der Waals surface area contributed by atoms with E-state index in [2.05, 4.69) is 16.7 Å². The smallest absolute Gasteiger partial charge is 0.281 e. The topological polar surface area (TPSA) is 63.8 Å². The third-order valence-electron chi connectivity index (χ3n) is 3.59. The Bertz CT molecular complexity index is 1140. The standard InChI is InChI=1S/C18H13N3O2S/c1-12-15(10-14-8-5-9-23-14)17(22)21(20-12)18-19-16(11-24-18)13-6-3-2-4-7-13/h2-11,20H,1H2. The molecule has 4 rings (SSSR count). The molecular weight excluding hydrogens is 322 g/mol. The molecule has 0 saturated carbocycles. The predicted molar refractivity (Wildman–Crippen MR) is 94.5 cm³/mol. The largest absolute Gasteiger partial charge is 0.465 e. The summed E-state index contributed by atoms with van der Waals surface area (Å²) in [7, 11) is 0. The molecule has 0 atom stereocenters. The fourth-order valence-corrected chi connectivity index (χ4v) is 3.19. The Hall–Kier alpha value is -3.12. The highest BCUT2D eigenvalue weighted by Gasteiger charge is 2.10. The zero-order chi connectivity index (χ0) is 16.5. The van der Waals surface area contributed by atoms with Gasteiger partial charge in [-0.05, 0) is 18.2 Å². The number of hydrogen-bond donors (Lipinski definition) is 1. The van der Waals surface area contributed by atoms with Crippen LogP contribution in [-0.2, 0) is 0 Å². The molecule has 5 nitrogen and oxygen atoms in total. The van der Waals surface area contributed by atoms with Gasteiger partial charge >= 0.3 is 0 Å². The minimum atomic E-state index is -0.203. The van der Waals surface area contributed by atoms with Crippen LogP contribution in [0.15, 0.2) is 63.3 Å². The van der Waals surface area contributed by atoms with E-state index < -0.39 is 0 Å². The van der Waals surface area contributed by atoms with Crippen molar-refractivity contribution in [3.8, 4) is 16.4 Å². The maximum absolute atomic E-state index is 12.6. The first-order chi connectivity index (χ1) is 11.7. The first-order valence-corrected chi connectivity index (χ1v) is 8.17. The normalized spacial score (nSPS) is 11.9. The zero-order valence-corrected chi connectivity index (χ0v) is 13.4. The van der Waals surface area contributed by atoms with Crippen LogP contribution < -0.4 is 16.1 Å². The van der Waals surface area contributed by atoms with Gasteiger partial charge in [0, 0.05) is 10.9 Å². The van der Waals surface area contributed by atoms with Gasteiger partial charge in [-0.25, -0.2) is 4.98 Å². The minimum absolute atomic E-state index is 0.203. The second-order valence-corrected chi connectivity index (χ2v) is 6.02. The maximum Gasteiger partial charge on any atom is 0.281 e. The number of nitrogens with one attached hydrogen (secondary N) is 1. The molecule has 0 amide bonds. The van der Waals surface area contributed by atoms with Gasteiger partial charge in [0.1, 0.15) is 5.76 Å². The van der Waals surface area contributed by atoms with Gasteiger partial charge in [-0.15, -0.1) is 11.3 Å². The molecule has 0 aliphatic carbocycles. The lowest BCUT2D eigenvalue weighted by atomic mass is 10.2. The molecule has 0 aliphatic heterocycles. The average molecular weight is 335 g/mol. The van der Waals surface area contributed by atoms with E-state index in [1.165, 1.54) is 16.0 Å². The molecule has 0 spiro atoms. The second-order valence-electron chi connectivity index (χ2n) is 5.19. The number of furan rings is 1. The first kappa shape index (κ1) is 14.5. The highest BCUT2D eigenvalue weighted by molar-refractivity contribution is 7.12. The Kier molecular flexibility index (Phi) is 3.51. The Morgan fingerprint density at radius 2 is 2.04 bits per heavy atom. The van der Waals surface area contributed by atoms with E-state index in [4.69, 9.17) is 4.42 Å². The molecule has 0 fully saturated rings. The molecule has 1 aromatic carbocycles. The Balaban J connectivity index is 1.81. The number of benzene rings is 1. The van der Waals surface area contributed by atoms with Gasteiger partial charge in [-0.2, -0.15) is 4.68 Å². The average Bonchev–Trinajstić information content (AvgIpc) is 3.33. The third kappa shape index (κ3) is 2.53. The minimum Gasteiger partial charge on any atom is -0.465 e. The van der Waals surface area contributed by atoms with Crippen molar-refractivity contribution in [3.05, 3.63) is 80.8 Å². The predicted octanol–water partition coefficient (Wildman–Crippen LogP) is 2.12. The molecule has 24 heavy (non-hydrogen) atoms. The summed E-state index contributed by atoms with van der Waals surface area (Å²) in [6, 6.07) is 13.4. The molecule has 6 heteroatoms. The van der Waals surface area contributed by atoms with Gasteiger partial charge in [-0.3, -0.25) is 9.89 Å². The fraction of sp³-hybridized carbons (Fsp3) is 0. The van der Waals surface area contributed by atoms with Crippen LogP contribution in [0.2, 0.25) is 0 Å². The van der Waals surface area contributed by atoms with Crippen molar-refractivity contribution in [2.75, 3.05) is 0 Å². The van der Waals surface area contributed by atoms with E-state index in [-0.39, 0.29) is 5.56 Å². The Labute approximate surface area is 140 Å². The van der Waals surface area contributed by atoms with Crippen molar-refractivity contribution in [2.24, 2.45) is 0 Å². The van der Waals surface area contributed by atoms with Gasteiger partial charge in [-0.1, -0.05) is 36.9 Å². The zero-order valence-electron chi connectivity index (χ0n) is 12.6. The Morgan fingerprint density at radius 1 is 1.21 bits per heavy atom. The van der Waals surface area contributed by atoms with E-state index in [1.54, 1.807) is 24.5 Å². The number of H-pyrrole nitrogens is 1. The Morgan fingerprint density at radius 3 is 2.79 bits per heavy atom. The number of nitrogens with zero attached hydrogens (tertiary/aromatic N) is 2. The molecule has 118 valence electrons. The molecular formula is C18H13N3O2S. The van der Waals surface area contributed by atoms with Crippen LogP contribution in [0, 0.1) is 0 Å². The van der Waals surface area contributed by atoms with Crippen molar-refractivity contribution in [3.63, 3.8) is 0 Å². The van der Waals surface area contributed by atoms with Crippen LogP contribution in [-0.4, -0.2) is 14.8 Å². The van der Waals surface area contributed by atoms with Crippen molar-refractivity contribution in [2.45, 2.75) is 0 Å². The number of rotatable bonds is 3. The lowest BCUT2D eigenvalue weighted by molar-refractivity contribution is 0.556. The summed E-state index contributed by atoms with van der Waals surface area (Å²) >= 11 is 1.40. The first-order valence-electron chi connectivity index (χ1n) is 7.29. The second kappa shape index (κ2) is 5.82. The number of aromatic amines is 1. The van der Waals surface area contributed by atoms with Crippen LogP contribution >= 0.6 is 11.3 Å². The van der Waals surface area contributed by atoms with E-state index in [0.717, 1.165) is 11.3 Å². The van der Waals surface area contributed by atoms with Gasteiger partial charge in [0.15, 0.2) is 0 Å². The van der Waals surface area contributed by atoms with Crippen molar-refractivity contribution >= 4 is 24.0 Å². The van der Waals surface area contributed by atoms with E-state index in [0.29, 0.717) is 21.5 Å². The van der Waals surface area contributed by atoms with Gasteiger partial charge in [0.2, 0.25) is 5.13 Å². The molecule has 4 aromatic rings. The van der Waals surface area contributed by atoms with Crippen LogP contribution in [0.5, 0.6) is 0 Å². The molecule has 0 aliphatic rings. The molecule has 0 bridgehead atoms. The monoisotopic (exact) mass is 335 g/mol. The van der Waals surface area contributed by atoms with Gasteiger partial charge < -0.3 is 4.42 Å². The third-order valence-corrected chi connectivity index (χ3v) is 4.41. The highest BCUT2D eigenvalue weighted by Crippen LogP contribution is 2.22. The lowest BCUT2D eigenvalue weighted by Gasteiger charge is -1.95. The van der Waals surface area contributed by atoms with Crippen molar-refractivity contribution in [1.82, 2.24) is 14.8 Å². The highest BCUT2D eigenvalue weighted by atomic mass is 32.1. The van der Waals surface area contributed by atoms with Crippen LogP contribution in [0.3, 0.4) is 0 Å².